The fraction of sp³-hybridized carbons (Fsp3) is 0.463. The maximum Gasteiger partial charge on any atom is 0.130 e. The van der Waals surface area contributed by atoms with E-state index < -0.39 is 8.07 Å². The fourth-order valence-corrected chi connectivity index (χ4v) is 9.22. The zero-order chi connectivity index (χ0) is 39.2. The third kappa shape index (κ3) is 9.02. The minimum atomic E-state index is -1.01. The van der Waals surface area contributed by atoms with Crippen molar-refractivity contribution < 1.29 is 9.47 Å². The van der Waals surface area contributed by atoms with E-state index in [4.69, 9.17) is 47.6 Å². The van der Waals surface area contributed by atoms with E-state index in [9.17, 15) is 0 Å². The molecule has 296 valence electrons. The summed E-state index contributed by atoms with van der Waals surface area (Å²) in [5.74, 6) is 2.73. The summed E-state index contributed by atoms with van der Waals surface area (Å²) < 4.78 is 13.2. The monoisotopic (exact) mass is 814 g/mol. The van der Waals surface area contributed by atoms with Gasteiger partial charge >= 0.3 is 0 Å². The largest absolute Gasteiger partial charge is 0.377 e. The number of aryl methyl sites for hydroxylation is 1. The van der Waals surface area contributed by atoms with E-state index in [2.05, 4.69) is 80.4 Å². The van der Waals surface area contributed by atoms with Crippen LogP contribution in [-0.2, 0) is 27.8 Å². The number of aromatic nitrogens is 8. The van der Waals surface area contributed by atoms with Gasteiger partial charge in [0.1, 0.15) is 34.1 Å². The van der Waals surface area contributed by atoms with Gasteiger partial charge in [-0.3, -0.25) is 19.7 Å². The van der Waals surface area contributed by atoms with Crippen molar-refractivity contribution >= 4 is 64.7 Å². The topological polar surface area (TPSA) is 123 Å². The first kappa shape index (κ1) is 40.1. The number of hydrogen-bond acceptors (Lipinski definition) is 10. The molecule has 8 heterocycles. The Kier molecular flexibility index (Phi) is 12.9. The van der Waals surface area contributed by atoms with E-state index in [1.54, 1.807) is 12.4 Å². The van der Waals surface area contributed by atoms with Crippen molar-refractivity contribution in [3.05, 3.63) is 72.3 Å². The standard InChI is InChI=1S/C24H34ClN5OSi.C17H18ClN5O/c1-18-17-31-13-12-29(18)22-15-19(16-25)20-7-9-26-24(23(20)28-22)21-8-10-27-30(21)11-5-6-14-32(2,3)4;1-11-10-24-7-6-23(11)15-8-12(9-18)13-2-4-19-17(16(13)21-15)14-3-5-20-22-14/h7-10,15,18H,5-6,11-14,16-17H2,1-4H3;2-5,8,11H,6-7,9-10H2,1H3,(H,20,22)/t18-;11-/m11/s1. The van der Waals surface area contributed by atoms with Gasteiger partial charge in [0.25, 0.3) is 0 Å². The molecule has 2 fully saturated rings. The summed E-state index contributed by atoms with van der Waals surface area (Å²) in [6.07, 6.45) is 9.59. The number of rotatable bonds is 11. The van der Waals surface area contributed by atoms with E-state index in [1.807, 2.05) is 36.7 Å². The molecule has 2 atom stereocenters. The van der Waals surface area contributed by atoms with E-state index >= 15 is 0 Å². The number of morpholine rings is 2. The molecule has 15 heteroatoms. The summed E-state index contributed by atoms with van der Waals surface area (Å²) in [6.45, 7) is 17.0. The van der Waals surface area contributed by atoms with Gasteiger partial charge in [-0.2, -0.15) is 10.2 Å². The molecule has 2 saturated heterocycles. The van der Waals surface area contributed by atoms with Crippen LogP contribution in [0.5, 0.6) is 0 Å². The normalized spacial score (nSPS) is 17.7. The summed E-state index contributed by atoms with van der Waals surface area (Å²) in [5.41, 5.74) is 7.40. The number of H-pyrrole nitrogens is 1. The molecule has 2 aliphatic heterocycles. The third-order valence-electron chi connectivity index (χ3n) is 10.5. The van der Waals surface area contributed by atoms with Crippen molar-refractivity contribution in [1.82, 2.24) is 39.9 Å². The van der Waals surface area contributed by atoms with Crippen molar-refractivity contribution in [2.75, 3.05) is 49.3 Å². The van der Waals surface area contributed by atoms with Gasteiger partial charge in [-0.25, -0.2) is 9.97 Å². The highest BCUT2D eigenvalue weighted by molar-refractivity contribution is 6.76. The van der Waals surface area contributed by atoms with Crippen molar-refractivity contribution in [3.8, 4) is 22.8 Å². The smallest absolute Gasteiger partial charge is 0.130 e. The lowest BCUT2D eigenvalue weighted by atomic mass is 10.1. The van der Waals surface area contributed by atoms with Crippen LogP contribution >= 0.6 is 23.2 Å². The predicted molar refractivity (Wildman–Crippen MR) is 230 cm³/mol. The maximum absolute atomic E-state index is 6.38. The quantitative estimate of drug-likeness (QED) is 0.0774. The lowest BCUT2D eigenvalue weighted by Gasteiger charge is -2.34. The second-order valence-electron chi connectivity index (χ2n) is 15.8. The number of anilines is 2. The molecule has 0 aromatic carbocycles. The van der Waals surface area contributed by atoms with Crippen LogP contribution in [-0.4, -0.2) is 99.6 Å². The van der Waals surface area contributed by atoms with Crippen LogP contribution in [0, 0.1) is 0 Å². The first-order valence-corrected chi connectivity index (χ1v) is 24.3. The van der Waals surface area contributed by atoms with E-state index in [0.29, 0.717) is 38.2 Å². The molecule has 0 saturated carbocycles. The molecule has 6 aromatic rings. The number of halogens is 2. The Morgan fingerprint density at radius 2 is 1.34 bits per heavy atom. The Balaban J connectivity index is 0.000000178. The van der Waals surface area contributed by atoms with Crippen LogP contribution < -0.4 is 9.80 Å². The van der Waals surface area contributed by atoms with Crippen LogP contribution in [0.4, 0.5) is 11.6 Å². The summed E-state index contributed by atoms with van der Waals surface area (Å²) in [7, 11) is -1.01. The molecule has 2 aliphatic rings. The van der Waals surface area contributed by atoms with Gasteiger partial charge in [0, 0.05) is 75.0 Å². The maximum atomic E-state index is 6.38. The Bertz CT molecular complexity index is 2230. The Morgan fingerprint density at radius 1 is 0.750 bits per heavy atom. The lowest BCUT2D eigenvalue weighted by Crippen LogP contribution is -2.44. The summed E-state index contributed by atoms with van der Waals surface area (Å²) in [4.78, 5) is 23.9. The van der Waals surface area contributed by atoms with Crippen molar-refractivity contribution in [3.63, 3.8) is 0 Å². The predicted octanol–water partition coefficient (Wildman–Crippen LogP) is 8.56. The minimum absolute atomic E-state index is 0.272. The van der Waals surface area contributed by atoms with Gasteiger partial charge in [-0.15, -0.1) is 23.2 Å². The molecule has 0 spiro atoms. The van der Waals surface area contributed by atoms with Crippen molar-refractivity contribution in [2.24, 2.45) is 0 Å². The number of fused-ring (bicyclic) bond motifs is 2. The van der Waals surface area contributed by atoms with E-state index in [0.717, 1.165) is 93.4 Å². The zero-order valence-electron chi connectivity index (χ0n) is 33.0. The van der Waals surface area contributed by atoms with E-state index in [-0.39, 0.29) is 12.1 Å². The molecule has 0 radical (unpaired) electrons. The molecule has 1 N–H and O–H groups in total. The molecule has 0 unspecified atom stereocenters. The Morgan fingerprint density at radius 3 is 1.88 bits per heavy atom. The Hall–Kier alpha value is -4.14. The molecule has 0 bridgehead atoms. The van der Waals surface area contributed by atoms with Crippen molar-refractivity contribution in [2.45, 2.75) is 82.8 Å². The van der Waals surface area contributed by atoms with Gasteiger partial charge in [-0.1, -0.05) is 32.1 Å². The highest BCUT2D eigenvalue weighted by atomic mass is 35.5. The van der Waals surface area contributed by atoms with Crippen LogP contribution in [0.15, 0.2) is 61.2 Å². The second kappa shape index (κ2) is 18.0. The summed E-state index contributed by atoms with van der Waals surface area (Å²) in [6, 6.07) is 14.0. The highest BCUT2D eigenvalue weighted by Gasteiger charge is 2.24. The molecule has 8 rings (SSSR count). The lowest BCUT2D eigenvalue weighted by molar-refractivity contribution is 0.0985. The molecule has 12 nitrogen and oxygen atoms in total. The fourth-order valence-electron chi connectivity index (χ4n) is 7.46. The van der Waals surface area contributed by atoms with Crippen LogP contribution in [0.25, 0.3) is 44.6 Å². The van der Waals surface area contributed by atoms with Crippen LogP contribution in [0.2, 0.25) is 25.7 Å². The average Bonchev–Trinajstić information content (AvgIpc) is 3.92. The number of nitrogens with one attached hydrogen (secondary N) is 1. The van der Waals surface area contributed by atoms with Crippen LogP contribution in [0.3, 0.4) is 0 Å². The van der Waals surface area contributed by atoms with Gasteiger partial charge in [0.2, 0.25) is 0 Å². The molecule has 56 heavy (non-hydrogen) atoms. The SMILES string of the molecule is C[C@@H]1COCCN1c1cc(CCl)c2ccnc(-c3ccn[nH]3)c2n1.C[C@@H]1COCCN1c1cc(CCl)c2ccnc(-c3ccnn3CCCC[Si](C)(C)C)c2n1. The molecule has 0 aliphatic carbocycles. The number of nitrogens with zero attached hydrogens (tertiary/aromatic N) is 9. The number of aromatic amines is 1. The number of alkyl halides is 2. The third-order valence-corrected chi connectivity index (χ3v) is 12.9. The highest BCUT2D eigenvalue weighted by Crippen LogP contribution is 2.33. The molecule has 0 amide bonds. The summed E-state index contributed by atoms with van der Waals surface area (Å²) in [5, 5.41) is 13.7. The first-order chi connectivity index (χ1) is 27.1. The number of hydrogen-bond donors (Lipinski definition) is 1. The van der Waals surface area contributed by atoms with Gasteiger partial charge in [0.15, 0.2) is 0 Å². The van der Waals surface area contributed by atoms with Gasteiger partial charge in [0.05, 0.1) is 49.9 Å². The van der Waals surface area contributed by atoms with Gasteiger partial charge in [-0.05, 0) is 67.8 Å². The number of ether oxygens (including phenoxy) is 2. The Labute approximate surface area is 340 Å². The van der Waals surface area contributed by atoms with Crippen molar-refractivity contribution in [1.29, 1.82) is 0 Å². The number of unbranched alkanes of at least 4 members (excludes halogenated alkanes) is 1. The molecular weight excluding hydrogens is 764 g/mol. The number of pyridine rings is 4. The molecular formula is C41H52Cl2N10O2Si. The van der Waals surface area contributed by atoms with E-state index in [1.165, 1.54) is 12.5 Å². The second-order valence-corrected chi connectivity index (χ2v) is 22.0. The minimum Gasteiger partial charge on any atom is -0.377 e. The average molecular weight is 816 g/mol. The van der Waals surface area contributed by atoms with Crippen LogP contribution in [0.1, 0.15) is 37.8 Å². The first-order valence-electron chi connectivity index (χ1n) is 19.5. The zero-order valence-corrected chi connectivity index (χ0v) is 35.5. The molecule has 6 aromatic heterocycles. The summed E-state index contributed by atoms with van der Waals surface area (Å²) >= 11 is 12.6. The van der Waals surface area contributed by atoms with Gasteiger partial charge < -0.3 is 19.3 Å².